The van der Waals surface area contributed by atoms with Crippen molar-refractivity contribution in [2.45, 2.75) is 32.7 Å². The van der Waals surface area contributed by atoms with Crippen molar-refractivity contribution in [3.63, 3.8) is 0 Å². The third-order valence-electron chi connectivity index (χ3n) is 5.01. The highest BCUT2D eigenvalue weighted by molar-refractivity contribution is 9.10. The van der Waals surface area contributed by atoms with Crippen LogP contribution in [-0.2, 0) is 9.59 Å². The van der Waals surface area contributed by atoms with Crippen LogP contribution in [0.5, 0.6) is 5.75 Å². The summed E-state index contributed by atoms with van der Waals surface area (Å²) in [5.74, 6) is -1.70. The van der Waals surface area contributed by atoms with Gasteiger partial charge in [-0.1, -0.05) is 53.0 Å². The van der Waals surface area contributed by atoms with Crippen molar-refractivity contribution in [3.8, 4) is 5.75 Å². The Morgan fingerprint density at radius 2 is 1.93 bits per heavy atom. The quantitative estimate of drug-likeness (QED) is 0.345. The average molecular weight is 479 g/mol. The molecule has 7 heteroatoms. The SMILES string of the molecule is CCCCN1C(=O)C(=O)/C(=C(\O)c2ccc(Br)c(C)c2)C1c1ccc(O)c(Cl)c1. The van der Waals surface area contributed by atoms with Gasteiger partial charge >= 0.3 is 0 Å². The van der Waals surface area contributed by atoms with E-state index in [2.05, 4.69) is 15.9 Å². The van der Waals surface area contributed by atoms with E-state index >= 15 is 0 Å². The molecule has 152 valence electrons. The molecule has 2 N–H and O–H groups in total. The molecule has 0 radical (unpaired) electrons. The van der Waals surface area contributed by atoms with E-state index in [1.54, 1.807) is 24.3 Å². The summed E-state index contributed by atoms with van der Waals surface area (Å²) in [6.07, 6.45) is 1.56. The molecule has 2 aromatic rings. The molecule has 3 rings (SSSR count). The number of carbonyl (C=O) groups is 2. The van der Waals surface area contributed by atoms with Gasteiger partial charge in [-0.3, -0.25) is 9.59 Å². The molecule has 1 unspecified atom stereocenters. The van der Waals surface area contributed by atoms with Crippen molar-refractivity contribution in [2.24, 2.45) is 0 Å². The molecule has 2 aromatic carbocycles. The number of hydrogen-bond donors (Lipinski definition) is 2. The minimum atomic E-state index is -0.774. The van der Waals surface area contributed by atoms with E-state index < -0.39 is 17.7 Å². The first-order valence-electron chi connectivity index (χ1n) is 9.29. The second kappa shape index (κ2) is 8.59. The topological polar surface area (TPSA) is 77.8 Å². The van der Waals surface area contributed by atoms with Crippen LogP contribution in [0.15, 0.2) is 46.4 Å². The molecule has 1 atom stereocenters. The van der Waals surface area contributed by atoms with Gasteiger partial charge in [0.25, 0.3) is 11.7 Å². The standard InChI is InChI=1S/C22H21BrClNO4/c1-3-4-9-25-19(13-6-8-17(26)16(24)11-13)18(21(28)22(25)29)20(27)14-5-7-15(23)12(2)10-14/h5-8,10-11,19,26-27H,3-4,9H2,1-2H3/b20-18-. The minimum Gasteiger partial charge on any atom is -0.507 e. The van der Waals surface area contributed by atoms with Crippen LogP contribution in [0.2, 0.25) is 5.02 Å². The Balaban J connectivity index is 2.20. The molecule has 5 nitrogen and oxygen atoms in total. The van der Waals surface area contributed by atoms with E-state index in [1.807, 2.05) is 13.8 Å². The summed E-state index contributed by atoms with van der Waals surface area (Å²) in [5, 5.41) is 20.9. The van der Waals surface area contributed by atoms with E-state index in [0.29, 0.717) is 24.1 Å². The highest BCUT2D eigenvalue weighted by atomic mass is 79.9. The predicted molar refractivity (Wildman–Crippen MR) is 116 cm³/mol. The summed E-state index contributed by atoms with van der Waals surface area (Å²) in [4.78, 5) is 27.1. The smallest absolute Gasteiger partial charge is 0.295 e. The number of aryl methyl sites for hydroxylation is 1. The average Bonchev–Trinajstić information content (AvgIpc) is 2.94. The molecule has 29 heavy (non-hydrogen) atoms. The Bertz CT molecular complexity index is 1020. The normalized spacial score (nSPS) is 18.5. The van der Waals surface area contributed by atoms with Gasteiger partial charge in [-0.05, 0) is 48.7 Å². The molecular formula is C22H21BrClNO4. The van der Waals surface area contributed by atoms with Gasteiger partial charge < -0.3 is 15.1 Å². The molecule has 1 aliphatic rings. The number of aliphatic hydroxyl groups excluding tert-OH is 1. The van der Waals surface area contributed by atoms with Gasteiger partial charge in [-0.25, -0.2) is 0 Å². The molecule has 0 spiro atoms. The number of phenols is 1. The lowest BCUT2D eigenvalue weighted by atomic mass is 9.94. The number of likely N-dealkylation sites (tertiary alicyclic amines) is 1. The maximum Gasteiger partial charge on any atom is 0.295 e. The van der Waals surface area contributed by atoms with Crippen molar-refractivity contribution >= 4 is 45.0 Å². The Morgan fingerprint density at radius 1 is 1.21 bits per heavy atom. The van der Waals surface area contributed by atoms with Crippen LogP contribution in [-0.4, -0.2) is 33.3 Å². The molecule has 0 aromatic heterocycles. The molecule has 1 aliphatic heterocycles. The van der Waals surface area contributed by atoms with Gasteiger partial charge in [0.05, 0.1) is 16.6 Å². The number of ketones is 1. The van der Waals surface area contributed by atoms with Gasteiger partial charge in [-0.15, -0.1) is 0 Å². The molecule has 1 heterocycles. The first-order valence-corrected chi connectivity index (χ1v) is 10.5. The molecule has 0 bridgehead atoms. The largest absolute Gasteiger partial charge is 0.507 e. The summed E-state index contributed by atoms with van der Waals surface area (Å²) in [7, 11) is 0. The Hall–Kier alpha value is -2.31. The van der Waals surface area contributed by atoms with Gasteiger partial charge in [0, 0.05) is 16.6 Å². The summed E-state index contributed by atoms with van der Waals surface area (Å²) >= 11 is 9.50. The highest BCUT2D eigenvalue weighted by Gasteiger charge is 2.45. The fraction of sp³-hybridized carbons (Fsp3) is 0.273. The molecule has 0 saturated carbocycles. The number of phenolic OH excluding ortho intramolecular Hbond substituents is 1. The lowest BCUT2D eigenvalue weighted by molar-refractivity contribution is -0.139. The maximum absolute atomic E-state index is 12.9. The zero-order valence-corrected chi connectivity index (χ0v) is 18.4. The minimum absolute atomic E-state index is 0.0228. The van der Waals surface area contributed by atoms with Crippen molar-refractivity contribution in [1.29, 1.82) is 0 Å². The number of unbranched alkanes of at least 4 members (excludes halogenated alkanes) is 1. The van der Waals surface area contributed by atoms with Crippen LogP contribution < -0.4 is 0 Å². The van der Waals surface area contributed by atoms with Gasteiger partial charge in [0.2, 0.25) is 0 Å². The van der Waals surface area contributed by atoms with E-state index in [-0.39, 0.29) is 22.1 Å². The predicted octanol–water partition coefficient (Wildman–Crippen LogP) is 5.34. The van der Waals surface area contributed by atoms with E-state index in [1.165, 1.54) is 17.0 Å². The summed E-state index contributed by atoms with van der Waals surface area (Å²) < 4.78 is 0.874. The lowest BCUT2D eigenvalue weighted by Crippen LogP contribution is -2.30. The first-order chi connectivity index (χ1) is 13.8. The van der Waals surface area contributed by atoms with E-state index in [0.717, 1.165) is 16.5 Å². The highest BCUT2D eigenvalue weighted by Crippen LogP contribution is 2.41. The Kier molecular flexibility index (Phi) is 6.34. The summed E-state index contributed by atoms with van der Waals surface area (Å²) in [6.45, 7) is 4.24. The lowest BCUT2D eigenvalue weighted by Gasteiger charge is -2.25. The van der Waals surface area contributed by atoms with Crippen LogP contribution >= 0.6 is 27.5 Å². The second-order valence-electron chi connectivity index (χ2n) is 7.02. The fourth-order valence-electron chi connectivity index (χ4n) is 3.43. The van der Waals surface area contributed by atoms with E-state index in [9.17, 15) is 19.8 Å². The molecular weight excluding hydrogens is 458 g/mol. The summed E-state index contributed by atoms with van der Waals surface area (Å²) in [5.41, 5.74) is 1.92. The van der Waals surface area contributed by atoms with Crippen LogP contribution in [0.1, 0.15) is 42.5 Å². The number of halogens is 2. The van der Waals surface area contributed by atoms with Gasteiger partial charge in [0.1, 0.15) is 11.5 Å². The van der Waals surface area contributed by atoms with Crippen LogP contribution in [0.25, 0.3) is 5.76 Å². The van der Waals surface area contributed by atoms with Gasteiger partial charge in [0.15, 0.2) is 0 Å². The zero-order chi connectivity index (χ0) is 21.3. The number of Topliss-reactive ketones (excluding diaryl/α,β-unsaturated/α-hetero) is 1. The maximum atomic E-state index is 12.9. The Morgan fingerprint density at radius 3 is 2.55 bits per heavy atom. The second-order valence-corrected chi connectivity index (χ2v) is 8.28. The number of rotatable bonds is 5. The third-order valence-corrected chi connectivity index (χ3v) is 6.20. The number of carbonyl (C=O) groups excluding carboxylic acids is 2. The zero-order valence-electron chi connectivity index (χ0n) is 16.1. The van der Waals surface area contributed by atoms with Crippen molar-refractivity contribution in [3.05, 3.63) is 68.2 Å². The number of amides is 1. The number of nitrogens with zero attached hydrogens (tertiary/aromatic N) is 1. The molecule has 1 saturated heterocycles. The molecule has 1 amide bonds. The number of benzene rings is 2. The van der Waals surface area contributed by atoms with E-state index in [4.69, 9.17) is 11.6 Å². The Labute approximate surface area is 182 Å². The molecule has 0 aliphatic carbocycles. The number of aliphatic hydroxyl groups is 1. The van der Waals surface area contributed by atoms with Crippen molar-refractivity contribution in [2.75, 3.05) is 6.54 Å². The number of aromatic hydroxyl groups is 1. The monoisotopic (exact) mass is 477 g/mol. The van der Waals surface area contributed by atoms with Crippen molar-refractivity contribution < 1.29 is 19.8 Å². The van der Waals surface area contributed by atoms with Crippen LogP contribution in [0, 0.1) is 6.92 Å². The summed E-state index contributed by atoms with van der Waals surface area (Å²) in [6, 6.07) is 8.99. The first kappa shape index (κ1) is 21.4. The fourth-order valence-corrected chi connectivity index (χ4v) is 3.86. The van der Waals surface area contributed by atoms with Crippen LogP contribution in [0.3, 0.4) is 0 Å². The number of hydrogen-bond acceptors (Lipinski definition) is 4. The van der Waals surface area contributed by atoms with Gasteiger partial charge in [-0.2, -0.15) is 0 Å². The van der Waals surface area contributed by atoms with Crippen molar-refractivity contribution in [1.82, 2.24) is 4.90 Å². The third kappa shape index (κ3) is 4.05. The molecule has 1 fully saturated rings. The van der Waals surface area contributed by atoms with Crippen LogP contribution in [0.4, 0.5) is 0 Å².